The smallest absolute Gasteiger partial charge is 0.319 e. The number of ether oxygens (including phenoxy) is 2. The summed E-state index contributed by atoms with van der Waals surface area (Å²) in [6.07, 6.45) is 3.51. The molecule has 0 atom stereocenters. The van der Waals surface area contributed by atoms with E-state index in [-0.39, 0.29) is 6.03 Å². The van der Waals surface area contributed by atoms with Crippen LogP contribution in [0.2, 0.25) is 0 Å². The number of carbonyl (C=O) groups is 1. The highest BCUT2D eigenvalue weighted by Crippen LogP contribution is 2.23. The SMILES string of the molecule is CCOc1ccccc1NC(=O)NCc1ccc(OCc2cccnc2)cc1. The maximum Gasteiger partial charge on any atom is 0.319 e. The average Bonchev–Trinajstić information content (AvgIpc) is 2.74. The minimum atomic E-state index is -0.288. The first kappa shape index (κ1) is 19.2. The first-order valence-corrected chi connectivity index (χ1v) is 9.12. The maximum absolute atomic E-state index is 12.2. The number of urea groups is 1. The van der Waals surface area contributed by atoms with E-state index in [9.17, 15) is 4.79 Å². The standard InChI is InChI=1S/C22H23N3O3/c1-2-27-21-8-4-3-7-20(21)25-22(26)24-15-17-9-11-19(12-10-17)28-16-18-6-5-13-23-14-18/h3-14H,2,15-16H2,1H3,(H2,24,25,26). The second-order valence-corrected chi connectivity index (χ2v) is 6.03. The fraction of sp³-hybridized carbons (Fsp3) is 0.182. The van der Waals surface area contributed by atoms with E-state index in [1.807, 2.05) is 61.5 Å². The lowest BCUT2D eigenvalue weighted by Crippen LogP contribution is -2.28. The Morgan fingerprint density at radius 1 is 0.964 bits per heavy atom. The molecule has 2 aromatic carbocycles. The molecular formula is C22H23N3O3. The predicted octanol–water partition coefficient (Wildman–Crippen LogP) is 4.38. The lowest BCUT2D eigenvalue weighted by molar-refractivity contribution is 0.251. The highest BCUT2D eigenvalue weighted by atomic mass is 16.5. The Kier molecular flexibility index (Phi) is 6.84. The summed E-state index contributed by atoms with van der Waals surface area (Å²) in [6, 6.07) is 18.5. The van der Waals surface area contributed by atoms with Crippen LogP contribution in [-0.4, -0.2) is 17.6 Å². The molecule has 3 rings (SSSR count). The van der Waals surface area contributed by atoms with Crippen molar-refractivity contribution in [2.75, 3.05) is 11.9 Å². The normalized spacial score (nSPS) is 10.2. The van der Waals surface area contributed by atoms with Gasteiger partial charge in [-0.15, -0.1) is 0 Å². The third-order valence-electron chi connectivity index (χ3n) is 3.94. The number of nitrogens with zero attached hydrogens (tertiary/aromatic N) is 1. The molecule has 1 aromatic heterocycles. The van der Waals surface area contributed by atoms with Crippen molar-refractivity contribution in [3.8, 4) is 11.5 Å². The highest BCUT2D eigenvalue weighted by molar-refractivity contribution is 5.90. The third-order valence-corrected chi connectivity index (χ3v) is 3.94. The molecule has 0 fully saturated rings. The van der Waals surface area contributed by atoms with Crippen molar-refractivity contribution in [3.63, 3.8) is 0 Å². The zero-order valence-corrected chi connectivity index (χ0v) is 15.7. The third kappa shape index (κ3) is 5.74. The average molecular weight is 377 g/mol. The van der Waals surface area contributed by atoms with E-state index in [0.29, 0.717) is 31.2 Å². The van der Waals surface area contributed by atoms with Crippen molar-refractivity contribution in [3.05, 3.63) is 84.2 Å². The Morgan fingerprint density at radius 3 is 2.54 bits per heavy atom. The summed E-state index contributed by atoms with van der Waals surface area (Å²) in [5.74, 6) is 1.41. The number of rotatable bonds is 8. The Labute approximate surface area is 164 Å². The molecule has 6 nitrogen and oxygen atoms in total. The summed E-state index contributed by atoms with van der Waals surface area (Å²) in [6.45, 7) is 3.31. The van der Waals surface area contributed by atoms with Gasteiger partial charge in [-0.3, -0.25) is 4.98 Å². The molecule has 2 amide bonds. The highest BCUT2D eigenvalue weighted by Gasteiger charge is 2.07. The van der Waals surface area contributed by atoms with Crippen LogP contribution in [0.25, 0.3) is 0 Å². The number of pyridine rings is 1. The molecule has 144 valence electrons. The molecule has 0 aliphatic rings. The topological polar surface area (TPSA) is 72.5 Å². The summed E-state index contributed by atoms with van der Waals surface area (Å²) in [5.41, 5.74) is 2.63. The van der Waals surface area contributed by atoms with Crippen LogP contribution < -0.4 is 20.1 Å². The van der Waals surface area contributed by atoms with Gasteiger partial charge >= 0.3 is 6.03 Å². The van der Waals surface area contributed by atoms with Gasteiger partial charge in [0.1, 0.15) is 18.1 Å². The second-order valence-electron chi connectivity index (χ2n) is 6.03. The number of aromatic nitrogens is 1. The summed E-state index contributed by atoms with van der Waals surface area (Å²) in [5, 5.41) is 5.65. The van der Waals surface area contributed by atoms with E-state index in [0.717, 1.165) is 16.9 Å². The van der Waals surface area contributed by atoms with Crippen molar-refractivity contribution in [2.45, 2.75) is 20.1 Å². The molecule has 0 radical (unpaired) electrons. The zero-order valence-electron chi connectivity index (χ0n) is 15.7. The van der Waals surface area contributed by atoms with Gasteiger partial charge < -0.3 is 20.1 Å². The first-order valence-electron chi connectivity index (χ1n) is 9.12. The second kappa shape index (κ2) is 9.97. The molecule has 28 heavy (non-hydrogen) atoms. The number of para-hydroxylation sites is 2. The van der Waals surface area contributed by atoms with Gasteiger partial charge in [-0.25, -0.2) is 4.79 Å². The van der Waals surface area contributed by atoms with Crippen LogP contribution in [0.1, 0.15) is 18.1 Å². The monoisotopic (exact) mass is 377 g/mol. The quantitative estimate of drug-likeness (QED) is 0.611. The van der Waals surface area contributed by atoms with Gasteiger partial charge in [0.15, 0.2) is 0 Å². The van der Waals surface area contributed by atoms with E-state index in [2.05, 4.69) is 15.6 Å². The van der Waals surface area contributed by atoms with Crippen LogP contribution in [0.5, 0.6) is 11.5 Å². The Balaban J connectivity index is 1.47. The number of carbonyl (C=O) groups excluding carboxylic acids is 1. The first-order chi connectivity index (χ1) is 13.7. The van der Waals surface area contributed by atoms with E-state index in [1.165, 1.54) is 0 Å². The molecule has 0 bridgehead atoms. The van der Waals surface area contributed by atoms with Crippen molar-refractivity contribution in [1.29, 1.82) is 0 Å². The number of hydrogen-bond acceptors (Lipinski definition) is 4. The zero-order chi connectivity index (χ0) is 19.6. The molecular weight excluding hydrogens is 354 g/mol. The predicted molar refractivity (Wildman–Crippen MR) is 108 cm³/mol. The van der Waals surface area contributed by atoms with Gasteiger partial charge in [-0.05, 0) is 42.8 Å². The van der Waals surface area contributed by atoms with Crippen LogP contribution in [-0.2, 0) is 13.2 Å². The summed E-state index contributed by atoms with van der Waals surface area (Å²) >= 11 is 0. The van der Waals surface area contributed by atoms with E-state index < -0.39 is 0 Å². The lowest BCUT2D eigenvalue weighted by atomic mass is 10.2. The Morgan fingerprint density at radius 2 is 1.79 bits per heavy atom. The molecule has 2 N–H and O–H groups in total. The molecule has 1 heterocycles. The summed E-state index contributed by atoms with van der Waals surface area (Å²) in [7, 11) is 0. The number of nitrogens with one attached hydrogen (secondary N) is 2. The van der Waals surface area contributed by atoms with Gasteiger partial charge in [0.2, 0.25) is 0 Å². The molecule has 0 spiro atoms. The van der Waals surface area contributed by atoms with Gasteiger partial charge in [-0.1, -0.05) is 30.3 Å². The minimum Gasteiger partial charge on any atom is -0.492 e. The van der Waals surface area contributed by atoms with Gasteiger partial charge in [0.25, 0.3) is 0 Å². The fourth-order valence-corrected chi connectivity index (χ4v) is 2.55. The summed E-state index contributed by atoms with van der Waals surface area (Å²) < 4.78 is 11.2. The van der Waals surface area contributed by atoms with Gasteiger partial charge in [0.05, 0.1) is 12.3 Å². The molecule has 0 aliphatic carbocycles. The van der Waals surface area contributed by atoms with Crippen molar-refractivity contribution < 1.29 is 14.3 Å². The van der Waals surface area contributed by atoms with Crippen LogP contribution in [0.3, 0.4) is 0 Å². The summed E-state index contributed by atoms with van der Waals surface area (Å²) in [4.78, 5) is 16.2. The molecule has 6 heteroatoms. The fourth-order valence-electron chi connectivity index (χ4n) is 2.55. The Hall–Kier alpha value is -3.54. The van der Waals surface area contributed by atoms with Gasteiger partial charge in [-0.2, -0.15) is 0 Å². The number of anilines is 1. The van der Waals surface area contributed by atoms with Crippen LogP contribution in [0.15, 0.2) is 73.1 Å². The van der Waals surface area contributed by atoms with E-state index in [4.69, 9.17) is 9.47 Å². The Bertz CT molecular complexity index is 883. The maximum atomic E-state index is 12.2. The molecule has 0 aliphatic heterocycles. The van der Waals surface area contributed by atoms with Crippen molar-refractivity contribution in [2.24, 2.45) is 0 Å². The molecule has 3 aromatic rings. The largest absolute Gasteiger partial charge is 0.492 e. The van der Waals surface area contributed by atoms with Crippen molar-refractivity contribution in [1.82, 2.24) is 10.3 Å². The molecule has 0 saturated heterocycles. The molecule has 0 unspecified atom stereocenters. The number of benzene rings is 2. The van der Waals surface area contributed by atoms with E-state index >= 15 is 0 Å². The molecule has 0 saturated carbocycles. The van der Waals surface area contributed by atoms with Crippen LogP contribution in [0, 0.1) is 0 Å². The van der Waals surface area contributed by atoms with Crippen LogP contribution in [0.4, 0.5) is 10.5 Å². The van der Waals surface area contributed by atoms with Gasteiger partial charge in [0, 0.05) is 24.5 Å². The lowest BCUT2D eigenvalue weighted by Gasteiger charge is -2.12. The van der Waals surface area contributed by atoms with Crippen molar-refractivity contribution >= 4 is 11.7 Å². The van der Waals surface area contributed by atoms with Crippen LogP contribution >= 0.6 is 0 Å². The number of hydrogen-bond donors (Lipinski definition) is 2. The number of amides is 2. The van der Waals surface area contributed by atoms with E-state index in [1.54, 1.807) is 18.5 Å². The minimum absolute atomic E-state index is 0.288.